The van der Waals surface area contributed by atoms with Crippen molar-refractivity contribution in [3.05, 3.63) is 41.8 Å². The molecule has 3 rings (SSSR count). The van der Waals surface area contributed by atoms with Gasteiger partial charge in [0.1, 0.15) is 5.82 Å². The summed E-state index contributed by atoms with van der Waals surface area (Å²) in [6, 6.07) is 6.77. The molecule has 0 aliphatic carbocycles. The van der Waals surface area contributed by atoms with Gasteiger partial charge < -0.3 is 5.11 Å². The zero-order valence-electron chi connectivity index (χ0n) is 10.0. The monoisotopic (exact) mass is 246 g/mol. The Morgan fingerprint density at radius 2 is 2.28 bits per heavy atom. The first-order valence-electron chi connectivity index (χ1n) is 6.16. The van der Waals surface area contributed by atoms with Crippen molar-refractivity contribution >= 4 is 10.9 Å². The number of aliphatic hydroxyl groups is 1. The SMILES string of the molecule is OC1CCN(Cc2ccc(F)c3cccnc23)C1. The molecule has 0 amide bonds. The molecule has 94 valence electrons. The molecule has 0 spiro atoms. The molecule has 1 N–H and O–H groups in total. The lowest BCUT2D eigenvalue weighted by Crippen LogP contribution is -2.21. The maximum Gasteiger partial charge on any atom is 0.132 e. The molecule has 1 aliphatic heterocycles. The second-order valence-corrected chi connectivity index (χ2v) is 4.78. The van der Waals surface area contributed by atoms with Crippen LogP contribution in [-0.4, -0.2) is 34.2 Å². The van der Waals surface area contributed by atoms with Crippen LogP contribution < -0.4 is 0 Å². The van der Waals surface area contributed by atoms with Crippen molar-refractivity contribution in [2.45, 2.75) is 19.1 Å². The Morgan fingerprint density at radius 1 is 1.39 bits per heavy atom. The van der Waals surface area contributed by atoms with Crippen LogP contribution >= 0.6 is 0 Å². The third-order valence-corrected chi connectivity index (χ3v) is 3.44. The average Bonchev–Trinajstić information content (AvgIpc) is 2.79. The number of hydrogen-bond acceptors (Lipinski definition) is 3. The maximum absolute atomic E-state index is 13.6. The summed E-state index contributed by atoms with van der Waals surface area (Å²) in [4.78, 5) is 6.45. The van der Waals surface area contributed by atoms with E-state index in [1.54, 1.807) is 24.4 Å². The normalized spacial score (nSPS) is 20.7. The number of β-amino-alcohol motifs (C(OH)–C–C–N with tert-alkyl or cyclic N) is 1. The van der Waals surface area contributed by atoms with Crippen LogP contribution in [0, 0.1) is 5.82 Å². The van der Waals surface area contributed by atoms with E-state index in [-0.39, 0.29) is 11.9 Å². The van der Waals surface area contributed by atoms with Gasteiger partial charge in [0.25, 0.3) is 0 Å². The Hall–Kier alpha value is -1.52. The zero-order valence-corrected chi connectivity index (χ0v) is 10.0. The third-order valence-electron chi connectivity index (χ3n) is 3.44. The number of benzene rings is 1. The standard InChI is InChI=1S/C14H15FN2O/c15-13-4-3-10(8-17-7-5-11(18)9-17)14-12(13)2-1-6-16-14/h1-4,6,11,18H,5,7-9H2. The first kappa shape index (κ1) is 11.6. The van der Waals surface area contributed by atoms with Gasteiger partial charge in [0.05, 0.1) is 11.6 Å². The van der Waals surface area contributed by atoms with E-state index in [9.17, 15) is 9.50 Å². The number of halogens is 1. The summed E-state index contributed by atoms with van der Waals surface area (Å²) >= 11 is 0. The Bertz CT molecular complexity index is 573. The molecule has 1 saturated heterocycles. The molecule has 1 aromatic carbocycles. The number of likely N-dealkylation sites (tertiary alicyclic amines) is 1. The van der Waals surface area contributed by atoms with Gasteiger partial charge in [-0.1, -0.05) is 6.07 Å². The molecule has 1 atom stereocenters. The Labute approximate surface area is 105 Å². The molecule has 1 fully saturated rings. The van der Waals surface area contributed by atoms with Crippen LogP contribution in [0.2, 0.25) is 0 Å². The van der Waals surface area contributed by atoms with Crippen molar-refractivity contribution in [3.63, 3.8) is 0 Å². The predicted octanol–water partition coefficient (Wildman–Crippen LogP) is 1.94. The van der Waals surface area contributed by atoms with E-state index in [1.165, 1.54) is 6.07 Å². The van der Waals surface area contributed by atoms with Crippen molar-refractivity contribution in [2.75, 3.05) is 13.1 Å². The fourth-order valence-electron chi connectivity index (χ4n) is 2.52. The summed E-state index contributed by atoms with van der Waals surface area (Å²) in [7, 11) is 0. The van der Waals surface area contributed by atoms with Crippen molar-refractivity contribution in [1.82, 2.24) is 9.88 Å². The van der Waals surface area contributed by atoms with Crippen LogP contribution in [0.25, 0.3) is 10.9 Å². The van der Waals surface area contributed by atoms with E-state index in [0.717, 1.165) is 24.0 Å². The molecule has 18 heavy (non-hydrogen) atoms. The molecule has 0 bridgehead atoms. The summed E-state index contributed by atoms with van der Waals surface area (Å²) in [5, 5.41) is 10.1. The van der Waals surface area contributed by atoms with Crippen LogP contribution in [0.1, 0.15) is 12.0 Å². The first-order chi connectivity index (χ1) is 8.74. The van der Waals surface area contributed by atoms with E-state index >= 15 is 0 Å². The number of aromatic nitrogens is 1. The second kappa shape index (κ2) is 4.63. The summed E-state index contributed by atoms with van der Waals surface area (Å²) in [5.41, 5.74) is 1.74. The lowest BCUT2D eigenvalue weighted by atomic mass is 10.1. The van der Waals surface area contributed by atoms with Crippen LogP contribution in [0.4, 0.5) is 4.39 Å². The number of aliphatic hydroxyl groups excluding tert-OH is 1. The van der Waals surface area contributed by atoms with E-state index < -0.39 is 0 Å². The Kier molecular flexibility index (Phi) is 2.97. The van der Waals surface area contributed by atoms with Gasteiger partial charge in [-0.05, 0) is 30.2 Å². The number of nitrogens with zero attached hydrogens (tertiary/aromatic N) is 2. The molecule has 2 aromatic rings. The van der Waals surface area contributed by atoms with Gasteiger partial charge >= 0.3 is 0 Å². The highest BCUT2D eigenvalue weighted by Gasteiger charge is 2.21. The molecular formula is C14H15FN2O. The summed E-state index contributed by atoms with van der Waals surface area (Å²) < 4.78 is 13.6. The van der Waals surface area contributed by atoms with Crippen molar-refractivity contribution in [2.24, 2.45) is 0 Å². The number of pyridine rings is 1. The topological polar surface area (TPSA) is 36.4 Å². The maximum atomic E-state index is 13.6. The van der Waals surface area contributed by atoms with Crippen LogP contribution in [0.5, 0.6) is 0 Å². The molecule has 0 saturated carbocycles. The van der Waals surface area contributed by atoms with Gasteiger partial charge in [-0.15, -0.1) is 0 Å². The lowest BCUT2D eigenvalue weighted by molar-refractivity contribution is 0.175. The summed E-state index contributed by atoms with van der Waals surface area (Å²) in [6.07, 6.45) is 2.26. The highest BCUT2D eigenvalue weighted by Crippen LogP contribution is 2.22. The third kappa shape index (κ3) is 2.09. The smallest absolute Gasteiger partial charge is 0.132 e. The van der Waals surface area contributed by atoms with Gasteiger partial charge in [-0.2, -0.15) is 0 Å². The molecule has 2 heterocycles. The largest absolute Gasteiger partial charge is 0.392 e. The van der Waals surface area contributed by atoms with E-state index in [4.69, 9.17) is 0 Å². The Balaban J connectivity index is 1.95. The Morgan fingerprint density at radius 3 is 3.06 bits per heavy atom. The molecular weight excluding hydrogens is 231 g/mol. The minimum absolute atomic E-state index is 0.232. The van der Waals surface area contributed by atoms with Crippen LogP contribution in [0.15, 0.2) is 30.5 Å². The zero-order chi connectivity index (χ0) is 12.5. The van der Waals surface area contributed by atoms with Crippen molar-refractivity contribution in [3.8, 4) is 0 Å². The molecule has 1 unspecified atom stereocenters. The highest BCUT2D eigenvalue weighted by molar-refractivity contribution is 5.82. The summed E-state index contributed by atoms with van der Waals surface area (Å²) in [6.45, 7) is 2.28. The van der Waals surface area contributed by atoms with E-state index in [0.29, 0.717) is 18.5 Å². The second-order valence-electron chi connectivity index (χ2n) is 4.78. The quantitative estimate of drug-likeness (QED) is 0.879. The molecule has 1 aromatic heterocycles. The van der Waals surface area contributed by atoms with E-state index in [2.05, 4.69) is 9.88 Å². The highest BCUT2D eigenvalue weighted by atomic mass is 19.1. The molecule has 0 radical (unpaired) electrons. The molecule has 4 heteroatoms. The van der Waals surface area contributed by atoms with Gasteiger partial charge in [-0.25, -0.2) is 4.39 Å². The van der Waals surface area contributed by atoms with Crippen molar-refractivity contribution < 1.29 is 9.50 Å². The van der Waals surface area contributed by atoms with Crippen molar-refractivity contribution in [1.29, 1.82) is 0 Å². The fraction of sp³-hybridized carbons (Fsp3) is 0.357. The van der Waals surface area contributed by atoms with Crippen LogP contribution in [0.3, 0.4) is 0 Å². The predicted molar refractivity (Wildman–Crippen MR) is 67.6 cm³/mol. The van der Waals surface area contributed by atoms with Gasteiger partial charge in [-0.3, -0.25) is 9.88 Å². The molecule has 3 nitrogen and oxygen atoms in total. The lowest BCUT2D eigenvalue weighted by Gasteiger charge is -2.16. The first-order valence-corrected chi connectivity index (χ1v) is 6.16. The van der Waals surface area contributed by atoms with Gasteiger partial charge in [0.15, 0.2) is 0 Å². The summed E-state index contributed by atoms with van der Waals surface area (Å²) in [5.74, 6) is -0.233. The number of rotatable bonds is 2. The van der Waals surface area contributed by atoms with Crippen LogP contribution in [-0.2, 0) is 6.54 Å². The minimum Gasteiger partial charge on any atom is -0.392 e. The van der Waals surface area contributed by atoms with Gasteiger partial charge in [0.2, 0.25) is 0 Å². The number of fused-ring (bicyclic) bond motifs is 1. The number of hydrogen-bond donors (Lipinski definition) is 1. The molecule has 1 aliphatic rings. The fourth-order valence-corrected chi connectivity index (χ4v) is 2.52. The minimum atomic E-state index is -0.233. The average molecular weight is 246 g/mol. The van der Waals surface area contributed by atoms with E-state index in [1.807, 2.05) is 0 Å². The van der Waals surface area contributed by atoms with Gasteiger partial charge in [0, 0.05) is 31.2 Å².